The first-order valence-corrected chi connectivity index (χ1v) is 7.15. The molecular formula is C18H10ClFN2O. The first-order valence-electron chi connectivity index (χ1n) is 6.77. The van der Waals surface area contributed by atoms with E-state index in [0.29, 0.717) is 21.5 Å². The minimum Gasteiger partial charge on any atom is -0.360 e. The van der Waals surface area contributed by atoms with Crippen LogP contribution in [-0.2, 0) is 0 Å². The summed E-state index contributed by atoms with van der Waals surface area (Å²) in [6.07, 6.45) is 3.00. The molecule has 112 valence electrons. The summed E-state index contributed by atoms with van der Waals surface area (Å²) >= 11 is 5.92. The molecule has 0 saturated carbocycles. The third kappa shape index (κ3) is 3.01. The van der Waals surface area contributed by atoms with Crippen molar-refractivity contribution in [2.24, 2.45) is 0 Å². The van der Waals surface area contributed by atoms with Gasteiger partial charge in [-0.2, -0.15) is 5.26 Å². The highest BCUT2D eigenvalue weighted by atomic mass is 35.5. The number of aromatic amines is 1. The molecule has 3 nitrogen and oxygen atoms in total. The molecule has 0 spiro atoms. The van der Waals surface area contributed by atoms with Crippen LogP contribution >= 0.6 is 11.6 Å². The Hall–Kier alpha value is -2.90. The number of rotatable bonds is 3. The molecular weight excluding hydrogens is 315 g/mol. The van der Waals surface area contributed by atoms with Gasteiger partial charge in [-0.3, -0.25) is 4.79 Å². The average Bonchev–Trinajstić information content (AvgIpc) is 2.96. The monoisotopic (exact) mass is 324 g/mol. The van der Waals surface area contributed by atoms with E-state index in [2.05, 4.69) is 4.98 Å². The zero-order valence-corrected chi connectivity index (χ0v) is 12.6. The number of nitrogens with one attached hydrogen (secondary N) is 1. The van der Waals surface area contributed by atoms with Gasteiger partial charge in [0.2, 0.25) is 5.78 Å². The van der Waals surface area contributed by atoms with E-state index in [1.807, 2.05) is 6.07 Å². The topological polar surface area (TPSA) is 56.6 Å². The van der Waals surface area contributed by atoms with Crippen molar-refractivity contribution < 1.29 is 9.18 Å². The van der Waals surface area contributed by atoms with E-state index in [1.54, 1.807) is 24.4 Å². The van der Waals surface area contributed by atoms with E-state index in [9.17, 15) is 14.4 Å². The van der Waals surface area contributed by atoms with Crippen LogP contribution in [0.3, 0.4) is 0 Å². The molecule has 5 heteroatoms. The molecule has 0 aliphatic rings. The Balaban J connectivity index is 2.02. The number of allylic oxidation sites excluding steroid dienone is 1. The summed E-state index contributed by atoms with van der Waals surface area (Å²) in [7, 11) is 0. The number of fused-ring (bicyclic) bond motifs is 1. The van der Waals surface area contributed by atoms with Crippen molar-refractivity contribution in [2.45, 2.75) is 0 Å². The highest BCUT2D eigenvalue weighted by molar-refractivity contribution is 6.31. The molecule has 0 aliphatic heterocycles. The van der Waals surface area contributed by atoms with Crippen LogP contribution in [0.15, 0.2) is 54.2 Å². The molecule has 0 aliphatic carbocycles. The maximum atomic E-state index is 12.9. The lowest BCUT2D eigenvalue weighted by Crippen LogP contribution is -2.01. The molecule has 2 aromatic carbocycles. The number of carbonyl (C=O) groups excluding carboxylic acids is 1. The molecule has 0 radical (unpaired) electrons. The second-order valence-corrected chi connectivity index (χ2v) is 5.38. The SMILES string of the molecule is N#C/C(=C\c1ccc(F)cc1)C(=O)c1c[nH]c2cc(Cl)ccc12. The van der Waals surface area contributed by atoms with Crippen LogP contribution in [0.25, 0.3) is 17.0 Å². The van der Waals surface area contributed by atoms with E-state index >= 15 is 0 Å². The van der Waals surface area contributed by atoms with Crippen LogP contribution in [0.5, 0.6) is 0 Å². The number of nitrogens with zero attached hydrogens (tertiary/aromatic N) is 1. The lowest BCUT2D eigenvalue weighted by molar-refractivity contribution is 0.104. The van der Waals surface area contributed by atoms with Gasteiger partial charge in [0.05, 0.1) is 0 Å². The van der Waals surface area contributed by atoms with Gasteiger partial charge in [0.1, 0.15) is 17.5 Å². The number of Topliss-reactive ketones (excluding diaryl/α,β-unsaturated/α-hetero) is 1. The molecule has 3 rings (SSSR count). The predicted octanol–water partition coefficient (Wildman–Crippen LogP) is 4.75. The van der Waals surface area contributed by atoms with Crippen molar-refractivity contribution in [3.05, 3.63) is 76.2 Å². The quantitative estimate of drug-likeness (QED) is 0.429. The van der Waals surface area contributed by atoms with E-state index in [0.717, 1.165) is 5.52 Å². The van der Waals surface area contributed by atoms with Crippen molar-refractivity contribution in [1.82, 2.24) is 4.98 Å². The third-order valence-electron chi connectivity index (χ3n) is 3.43. The Morgan fingerprint density at radius 3 is 2.65 bits per heavy atom. The summed E-state index contributed by atoms with van der Waals surface area (Å²) in [6, 6.07) is 12.6. The van der Waals surface area contributed by atoms with Crippen LogP contribution in [0.2, 0.25) is 5.02 Å². The number of hydrogen-bond donors (Lipinski definition) is 1. The Bertz CT molecular complexity index is 965. The van der Waals surface area contributed by atoms with Crippen molar-refractivity contribution in [3.8, 4) is 6.07 Å². The molecule has 1 heterocycles. The number of hydrogen-bond acceptors (Lipinski definition) is 2. The van der Waals surface area contributed by atoms with Crippen molar-refractivity contribution in [1.29, 1.82) is 5.26 Å². The first kappa shape index (κ1) is 15.0. The predicted molar refractivity (Wildman–Crippen MR) is 87.6 cm³/mol. The van der Waals surface area contributed by atoms with Crippen LogP contribution in [-0.4, -0.2) is 10.8 Å². The van der Waals surface area contributed by atoms with Gasteiger partial charge < -0.3 is 4.98 Å². The third-order valence-corrected chi connectivity index (χ3v) is 3.67. The van der Waals surface area contributed by atoms with Gasteiger partial charge in [-0.25, -0.2) is 4.39 Å². The zero-order valence-electron chi connectivity index (χ0n) is 11.8. The van der Waals surface area contributed by atoms with Gasteiger partial charge >= 0.3 is 0 Å². The fourth-order valence-corrected chi connectivity index (χ4v) is 2.48. The lowest BCUT2D eigenvalue weighted by Gasteiger charge is -1.99. The van der Waals surface area contributed by atoms with Gasteiger partial charge in [-0.1, -0.05) is 29.8 Å². The van der Waals surface area contributed by atoms with Gasteiger partial charge in [0.15, 0.2) is 0 Å². The molecule has 0 bridgehead atoms. The fraction of sp³-hybridized carbons (Fsp3) is 0. The summed E-state index contributed by atoms with van der Waals surface area (Å²) < 4.78 is 12.9. The first-order chi connectivity index (χ1) is 11.1. The molecule has 0 unspecified atom stereocenters. The Morgan fingerprint density at radius 2 is 1.96 bits per heavy atom. The number of nitriles is 1. The van der Waals surface area contributed by atoms with Crippen LogP contribution in [0.4, 0.5) is 4.39 Å². The van der Waals surface area contributed by atoms with E-state index < -0.39 is 5.78 Å². The van der Waals surface area contributed by atoms with Gasteiger partial charge in [0.25, 0.3) is 0 Å². The summed E-state index contributed by atoms with van der Waals surface area (Å²) in [4.78, 5) is 15.6. The van der Waals surface area contributed by atoms with E-state index in [4.69, 9.17) is 11.6 Å². The zero-order chi connectivity index (χ0) is 16.4. The molecule has 0 atom stereocenters. The van der Waals surface area contributed by atoms with Crippen molar-refractivity contribution in [3.63, 3.8) is 0 Å². The number of carbonyl (C=O) groups is 1. The summed E-state index contributed by atoms with van der Waals surface area (Å²) in [5.41, 5.74) is 1.68. The smallest absolute Gasteiger partial charge is 0.205 e. The number of halogens is 2. The maximum Gasteiger partial charge on any atom is 0.205 e. The average molecular weight is 325 g/mol. The molecule has 0 saturated heterocycles. The summed E-state index contributed by atoms with van der Waals surface area (Å²) in [5.74, 6) is -0.772. The van der Waals surface area contributed by atoms with Gasteiger partial charge in [-0.05, 0) is 35.9 Å². The standard InChI is InChI=1S/C18H10ClFN2O/c19-13-3-6-15-16(10-22-17(15)8-13)18(23)12(9-21)7-11-1-4-14(20)5-2-11/h1-8,10,22H/b12-7+. The number of ketones is 1. The van der Waals surface area contributed by atoms with Crippen LogP contribution in [0, 0.1) is 17.1 Å². The van der Waals surface area contributed by atoms with E-state index in [1.165, 1.54) is 30.3 Å². The van der Waals surface area contributed by atoms with E-state index in [-0.39, 0.29) is 11.4 Å². The second kappa shape index (κ2) is 6.07. The Labute approximate surface area is 136 Å². The minimum absolute atomic E-state index is 0.0209. The molecule has 1 N–H and O–H groups in total. The Morgan fingerprint density at radius 1 is 1.22 bits per heavy atom. The highest BCUT2D eigenvalue weighted by Gasteiger charge is 2.16. The molecule has 1 aromatic heterocycles. The summed E-state index contributed by atoms with van der Waals surface area (Å²) in [6.45, 7) is 0. The Kier molecular flexibility index (Phi) is 3.96. The van der Waals surface area contributed by atoms with Crippen molar-refractivity contribution >= 4 is 34.4 Å². The molecule has 3 aromatic rings. The number of benzene rings is 2. The number of aromatic nitrogens is 1. The maximum absolute atomic E-state index is 12.9. The highest BCUT2D eigenvalue weighted by Crippen LogP contribution is 2.24. The number of H-pyrrole nitrogens is 1. The lowest BCUT2D eigenvalue weighted by atomic mass is 10.0. The van der Waals surface area contributed by atoms with Gasteiger partial charge in [0, 0.05) is 27.7 Å². The minimum atomic E-state index is -0.398. The largest absolute Gasteiger partial charge is 0.360 e. The molecule has 0 amide bonds. The fourth-order valence-electron chi connectivity index (χ4n) is 2.31. The molecule has 23 heavy (non-hydrogen) atoms. The summed E-state index contributed by atoms with van der Waals surface area (Å²) in [5, 5.41) is 10.5. The van der Waals surface area contributed by atoms with Crippen LogP contribution in [0.1, 0.15) is 15.9 Å². The van der Waals surface area contributed by atoms with Crippen molar-refractivity contribution in [2.75, 3.05) is 0 Å². The van der Waals surface area contributed by atoms with Gasteiger partial charge in [-0.15, -0.1) is 0 Å². The molecule has 0 fully saturated rings. The van der Waals surface area contributed by atoms with Crippen LogP contribution < -0.4 is 0 Å². The second-order valence-electron chi connectivity index (χ2n) is 4.94. The normalized spacial score (nSPS) is 11.4.